The van der Waals surface area contributed by atoms with E-state index < -0.39 is 0 Å². The van der Waals surface area contributed by atoms with E-state index in [4.69, 9.17) is 15.0 Å². The van der Waals surface area contributed by atoms with E-state index in [9.17, 15) is 0 Å². The van der Waals surface area contributed by atoms with Crippen LogP contribution in [0.1, 0.15) is 58.4 Å². The Bertz CT molecular complexity index is 351. The molecule has 1 heterocycles. The largest absolute Gasteiger partial charge is 0.373 e. The quantitative estimate of drug-likeness (QED) is 0.810. The number of hydrogen-bond acceptors (Lipinski definition) is 5. The monoisotopic (exact) mass is 255 g/mol. The summed E-state index contributed by atoms with van der Waals surface area (Å²) in [5.41, 5.74) is 5.67. The summed E-state index contributed by atoms with van der Waals surface area (Å²) in [6.07, 6.45) is 1.65. The Balaban J connectivity index is 3.04. The molecule has 0 saturated carbocycles. The van der Waals surface area contributed by atoms with E-state index in [-0.39, 0.29) is 11.5 Å². The molecule has 1 unspecified atom stereocenters. The zero-order valence-electron chi connectivity index (χ0n) is 12.1. The number of nitrogens with zero attached hydrogens (tertiary/aromatic N) is 2. The first-order valence-corrected chi connectivity index (χ1v) is 6.61. The van der Waals surface area contributed by atoms with Crippen molar-refractivity contribution in [2.24, 2.45) is 11.7 Å². The van der Waals surface area contributed by atoms with Crippen molar-refractivity contribution in [2.45, 2.75) is 52.1 Å². The van der Waals surface area contributed by atoms with Crippen LogP contribution in [0.15, 0.2) is 4.52 Å². The molecule has 104 valence electrons. The maximum Gasteiger partial charge on any atom is 0.234 e. The lowest BCUT2D eigenvalue weighted by Crippen LogP contribution is -2.34. The molecule has 0 aromatic carbocycles. The smallest absolute Gasteiger partial charge is 0.234 e. The highest BCUT2D eigenvalue weighted by molar-refractivity contribution is 5.06. The van der Waals surface area contributed by atoms with E-state index >= 15 is 0 Å². The molecule has 0 saturated heterocycles. The molecule has 18 heavy (non-hydrogen) atoms. The van der Waals surface area contributed by atoms with Gasteiger partial charge >= 0.3 is 0 Å². The zero-order chi connectivity index (χ0) is 13.8. The summed E-state index contributed by atoms with van der Waals surface area (Å²) in [6.45, 7) is 8.84. The van der Waals surface area contributed by atoms with Crippen LogP contribution in [0, 0.1) is 5.92 Å². The van der Waals surface area contributed by atoms with E-state index in [1.54, 1.807) is 7.11 Å². The van der Waals surface area contributed by atoms with Gasteiger partial charge in [-0.25, -0.2) is 0 Å². The Morgan fingerprint density at radius 3 is 2.33 bits per heavy atom. The molecule has 0 radical (unpaired) electrons. The van der Waals surface area contributed by atoms with Gasteiger partial charge in [-0.15, -0.1) is 0 Å². The van der Waals surface area contributed by atoms with Gasteiger partial charge in [0.15, 0.2) is 0 Å². The van der Waals surface area contributed by atoms with Crippen LogP contribution in [0.4, 0.5) is 0 Å². The van der Waals surface area contributed by atoms with E-state index in [0.717, 1.165) is 12.8 Å². The van der Waals surface area contributed by atoms with Crippen LogP contribution in [0.5, 0.6) is 0 Å². The maximum absolute atomic E-state index is 5.88. The van der Waals surface area contributed by atoms with E-state index in [1.807, 2.05) is 0 Å². The van der Waals surface area contributed by atoms with Crippen LogP contribution in [0.3, 0.4) is 0 Å². The van der Waals surface area contributed by atoms with Crippen LogP contribution >= 0.6 is 0 Å². The first-order chi connectivity index (χ1) is 8.54. The number of rotatable bonds is 7. The van der Waals surface area contributed by atoms with Gasteiger partial charge < -0.3 is 15.0 Å². The van der Waals surface area contributed by atoms with E-state index in [1.165, 1.54) is 0 Å². The Morgan fingerprint density at radius 2 is 1.94 bits per heavy atom. The zero-order valence-corrected chi connectivity index (χ0v) is 12.1. The van der Waals surface area contributed by atoms with E-state index in [0.29, 0.717) is 24.2 Å². The molecule has 0 amide bonds. The number of methoxy groups -OCH3 is 1. The third-order valence-corrected chi connectivity index (χ3v) is 3.75. The third kappa shape index (κ3) is 2.72. The van der Waals surface area contributed by atoms with Crippen molar-refractivity contribution in [1.82, 2.24) is 10.1 Å². The summed E-state index contributed by atoms with van der Waals surface area (Å²) >= 11 is 0. The minimum atomic E-state index is -0.208. The van der Waals surface area contributed by atoms with E-state index in [2.05, 4.69) is 37.8 Å². The predicted octanol–water partition coefficient (Wildman–Crippen LogP) is 2.43. The van der Waals surface area contributed by atoms with Crippen molar-refractivity contribution in [3.05, 3.63) is 11.7 Å². The summed E-state index contributed by atoms with van der Waals surface area (Å²) in [6, 6.07) is 0. The van der Waals surface area contributed by atoms with Gasteiger partial charge in [-0.1, -0.05) is 32.9 Å². The van der Waals surface area contributed by atoms with Crippen LogP contribution in [0.25, 0.3) is 0 Å². The van der Waals surface area contributed by atoms with Crippen LogP contribution in [0.2, 0.25) is 0 Å². The fourth-order valence-corrected chi connectivity index (χ4v) is 2.17. The molecule has 1 atom stereocenters. The van der Waals surface area contributed by atoms with Gasteiger partial charge in [0.2, 0.25) is 11.7 Å². The molecule has 1 aromatic rings. The molecule has 1 aromatic heterocycles. The Labute approximate surface area is 109 Å². The lowest BCUT2D eigenvalue weighted by molar-refractivity contribution is 0.0555. The molecule has 0 aliphatic rings. The molecular weight excluding hydrogens is 230 g/mol. The number of nitrogens with two attached hydrogens (primary N) is 1. The molecule has 1 rings (SSSR count). The summed E-state index contributed by atoms with van der Waals surface area (Å²) in [7, 11) is 1.66. The highest BCUT2D eigenvalue weighted by Gasteiger charge is 2.34. The first-order valence-electron chi connectivity index (χ1n) is 6.61. The van der Waals surface area contributed by atoms with Crippen molar-refractivity contribution in [3.63, 3.8) is 0 Å². The molecule has 0 bridgehead atoms. The summed E-state index contributed by atoms with van der Waals surface area (Å²) in [4.78, 5) is 4.50. The lowest BCUT2D eigenvalue weighted by atomic mass is 9.82. The number of aromatic nitrogens is 2. The topological polar surface area (TPSA) is 74.2 Å². The molecule has 5 heteroatoms. The molecule has 0 spiro atoms. The fourth-order valence-electron chi connectivity index (χ4n) is 2.17. The van der Waals surface area contributed by atoms with Gasteiger partial charge in [-0.3, -0.25) is 0 Å². The maximum atomic E-state index is 5.88. The molecule has 0 aliphatic heterocycles. The Morgan fingerprint density at radius 1 is 1.33 bits per heavy atom. The van der Waals surface area contributed by atoms with Gasteiger partial charge in [0, 0.05) is 13.7 Å². The molecule has 2 N–H and O–H groups in total. The number of hydrogen-bond donors (Lipinski definition) is 1. The molecule has 0 fully saturated rings. The Kier molecular flexibility index (Phi) is 5.28. The van der Waals surface area contributed by atoms with Crippen molar-refractivity contribution < 1.29 is 9.26 Å². The van der Waals surface area contributed by atoms with Crippen LogP contribution in [-0.4, -0.2) is 23.8 Å². The normalized spacial score (nSPS) is 14.2. The predicted molar refractivity (Wildman–Crippen MR) is 70.2 cm³/mol. The second-order valence-electron chi connectivity index (χ2n) is 5.05. The van der Waals surface area contributed by atoms with Crippen molar-refractivity contribution >= 4 is 0 Å². The molecule has 0 aliphatic carbocycles. The summed E-state index contributed by atoms with van der Waals surface area (Å²) in [5.74, 6) is 1.55. The summed E-state index contributed by atoms with van der Waals surface area (Å²) < 4.78 is 10.8. The van der Waals surface area contributed by atoms with Crippen LogP contribution < -0.4 is 5.73 Å². The average Bonchev–Trinajstić information content (AvgIpc) is 2.83. The van der Waals surface area contributed by atoms with Crippen LogP contribution in [-0.2, 0) is 10.2 Å². The van der Waals surface area contributed by atoms with Gasteiger partial charge in [-0.05, 0) is 18.8 Å². The van der Waals surface area contributed by atoms with Crippen molar-refractivity contribution in [3.8, 4) is 0 Å². The second kappa shape index (κ2) is 6.29. The minimum absolute atomic E-state index is 0.133. The molecular formula is C13H25N3O2. The third-order valence-electron chi connectivity index (χ3n) is 3.75. The minimum Gasteiger partial charge on any atom is -0.373 e. The SMILES string of the molecule is CCC(CC)(CN)c1nc(C(OC)C(C)C)no1. The standard InChI is InChI=1S/C13H25N3O2/c1-6-13(7-2,8-14)12-15-11(16-18-12)10(17-5)9(3)4/h9-10H,6-8,14H2,1-5H3. The fraction of sp³-hybridized carbons (Fsp3) is 0.846. The number of ether oxygens (including phenoxy) is 1. The van der Waals surface area contributed by atoms with Crippen molar-refractivity contribution in [1.29, 1.82) is 0 Å². The average molecular weight is 255 g/mol. The lowest BCUT2D eigenvalue weighted by Gasteiger charge is -2.25. The highest BCUT2D eigenvalue weighted by atomic mass is 16.5. The van der Waals surface area contributed by atoms with Gasteiger partial charge in [0.1, 0.15) is 6.10 Å². The first kappa shape index (κ1) is 15.1. The Hall–Kier alpha value is -0.940. The van der Waals surface area contributed by atoms with Gasteiger partial charge in [-0.2, -0.15) is 4.98 Å². The second-order valence-corrected chi connectivity index (χ2v) is 5.05. The van der Waals surface area contributed by atoms with Crippen molar-refractivity contribution in [2.75, 3.05) is 13.7 Å². The van der Waals surface area contributed by atoms with Gasteiger partial charge in [0.05, 0.1) is 5.41 Å². The summed E-state index contributed by atoms with van der Waals surface area (Å²) in [5, 5.41) is 4.05. The highest BCUT2D eigenvalue weighted by Crippen LogP contribution is 2.31. The van der Waals surface area contributed by atoms with Gasteiger partial charge in [0.25, 0.3) is 0 Å². The molecule has 5 nitrogen and oxygen atoms in total.